The van der Waals surface area contributed by atoms with Crippen LogP contribution in [0.5, 0.6) is 0 Å². The lowest BCUT2D eigenvalue weighted by atomic mass is 9.91. The maximum Gasteiger partial charge on any atom is -0.00701 e. The Bertz CT molecular complexity index is 647. The molecule has 0 spiro atoms. The summed E-state index contributed by atoms with van der Waals surface area (Å²) in [6.07, 6.45) is 7.53. The van der Waals surface area contributed by atoms with Gasteiger partial charge >= 0.3 is 0 Å². The van der Waals surface area contributed by atoms with Crippen LogP contribution in [0.3, 0.4) is 0 Å². The van der Waals surface area contributed by atoms with E-state index in [0.29, 0.717) is 0 Å². The van der Waals surface area contributed by atoms with Gasteiger partial charge in [0.1, 0.15) is 0 Å². The molecule has 0 heterocycles. The Balaban J connectivity index is 2.09. The fourth-order valence-electron chi connectivity index (χ4n) is 3.36. The molecule has 18 heavy (non-hydrogen) atoms. The van der Waals surface area contributed by atoms with E-state index in [1.54, 1.807) is 0 Å². The van der Waals surface area contributed by atoms with Gasteiger partial charge in [0.25, 0.3) is 0 Å². The highest BCUT2D eigenvalue weighted by Crippen LogP contribution is 2.46. The SMILES string of the molecule is C1=C2/c3ccccc3-c3cccc(c32)CCCC/1. The Morgan fingerprint density at radius 2 is 1.56 bits per heavy atom. The molecule has 0 unspecified atom stereocenters. The fraction of sp³-hybridized carbons (Fsp3) is 0.222. The zero-order valence-electron chi connectivity index (χ0n) is 10.4. The Morgan fingerprint density at radius 1 is 0.722 bits per heavy atom. The Kier molecular flexibility index (Phi) is 2.16. The van der Waals surface area contributed by atoms with E-state index in [2.05, 4.69) is 48.5 Å². The molecule has 0 aromatic heterocycles. The van der Waals surface area contributed by atoms with Crippen molar-refractivity contribution in [3.05, 3.63) is 65.2 Å². The van der Waals surface area contributed by atoms with Crippen LogP contribution in [-0.4, -0.2) is 0 Å². The van der Waals surface area contributed by atoms with E-state index in [-0.39, 0.29) is 0 Å². The van der Waals surface area contributed by atoms with Crippen molar-refractivity contribution >= 4 is 5.57 Å². The topological polar surface area (TPSA) is 0 Å². The van der Waals surface area contributed by atoms with Crippen molar-refractivity contribution in [2.24, 2.45) is 0 Å². The van der Waals surface area contributed by atoms with Crippen LogP contribution in [0.2, 0.25) is 0 Å². The molecule has 0 saturated heterocycles. The third kappa shape index (κ3) is 1.32. The number of fused-ring (bicyclic) bond motifs is 3. The van der Waals surface area contributed by atoms with Gasteiger partial charge in [-0.05, 0) is 59.1 Å². The smallest absolute Gasteiger partial charge is 0.00701 e. The minimum absolute atomic E-state index is 1.22. The van der Waals surface area contributed by atoms with Gasteiger partial charge in [-0.3, -0.25) is 0 Å². The molecule has 0 atom stereocenters. The summed E-state index contributed by atoms with van der Waals surface area (Å²) < 4.78 is 0. The molecule has 0 nitrogen and oxygen atoms in total. The highest BCUT2D eigenvalue weighted by molar-refractivity contribution is 6.02. The monoisotopic (exact) mass is 232 g/mol. The van der Waals surface area contributed by atoms with Crippen LogP contribution in [0.25, 0.3) is 16.7 Å². The number of allylic oxidation sites excluding steroid dienone is 1. The number of benzene rings is 2. The van der Waals surface area contributed by atoms with E-state index < -0.39 is 0 Å². The summed E-state index contributed by atoms with van der Waals surface area (Å²) in [5.41, 5.74) is 8.82. The minimum atomic E-state index is 1.22. The van der Waals surface area contributed by atoms with Gasteiger partial charge in [-0.15, -0.1) is 0 Å². The molecule has 0 N–H and O–H groups in total. The summed E-state index contributed by atoms with van der Waals surface area (Å²) in [5, 5.41) is 0. The van der Waals surface area contributed by atoms with Crippen molar-refractivity contribution in [1.82, 2.24) is 0 Å². The van der Waals surface area contributed by atoms with Crippen LogP contribution in [0.15, 0.2) is 48.5 Å². The third-order valence-corrected chi connectivity index (χ3v) is 4.18. The largest absolute Gasteiger partial charge is 0.0760 e. The molecule has 2 aliphatic rings. The quantitative estimate of drug-likeness (QED) is 0.521. The number of hydrogen-bond donors (Lipinski definition) is 0. The van der Waals surface area contributed by atoms with Gasteiger partial charge in [-0.25, -0.2) is 0 Å². The Morgan fingerprint density at radius 3 is 2.50 bits per heavy atom. The maximum atomic E-state index is 2.45. The van der Waals surface area contributed by atoms with E-state index in [1.165, 1.54) is 59.1 Å². The molecule has 2 aromatic rings. The molecule has 0 amide bonds. The number of rotatable bonds is 0. The number of aryl methyl sites for hydroxylation is 1. The molecule has 0 aliphatic heterocycles. The molecule has 2 aliphatic carbocycles. The molecule has 0 heteroatoms. The zero-order valence-corrected chi connectivity index (χ0v) is 10.4. The minimum Gasteiger partial charge on any atom is -0.0760 e. The van der Waals surface area contributed by atoms with Crippen molar-refractivity contribution < 1.29 is 0 Å². The molecule has 0 fully saturated rings. The summed E-state index contributed by atoms with van der Waals surface area (Å²) >= 11 is 0. The average Bonchev–Trinajstić information content (AvgIpc) is 2.70. The normalized spacial score (nSPS) is 19.2. The zero-order chi connectivity index (χ0) is 11.9. The highest BCUT2D eigenvalue weighted by Gasteiger charge is 2.25. The molecule has 4 rings (SSSR count). The second-order valence-electron chi connectivity index (χ2n) is 5.25. The molecule has 0 bridgehead atoms. The molecule has 2 aromatic carbocycles. The third-order valence-electron chi connectivity index (χ3n) is 4.18. The van der Waals surface area contributed by atoms with Gasteiger partial charge in [-0.2, -0.15) is 0 Å². The van der Waals surface area contributed by atoms with Gasteiger partial charge in [-0.1, -0.05) is 48.5 Å². The van der Waals surface area contributed by atoms with Gasteiger partial charge in [0.2, 0.25) is 0 Å². The summed E-state index contributed by atoms with van der Waals surface area (Å²) in [5.74, 6) is 0. The van der Waals surface area contributed by atoms with E-state index in [4.69, 9.17) is 0 Å². The summed E-state index contributed by atoms with van der Waals surface area (Å²) in [4.78, 5) is 0. The van der Waals surface area contributed by atoms with Crippen LogP contribution in [0.1, 0.15) is 36.0 Å². The van der Waals surface area contributed by atoms with Crippen molar-refractivity contribution in [3.8, 4) is 11.1 Å². The summed E-state index contributed by atoms with van der Waals surface area (Å²) in [6, 6.07) is 15.6. The first-order valence-corrected chi connectivity index (χ1v) is 6.87. The van der Waals surface area contributed by atoms with Crippen LogP contribution >= 0.6 is 0 Å². The molecule has 88 valence electrons. The average molecular weight is 232 g/mol. The van der Waals surface area contributed by atoms with Crippen LogP contribution in [-0.2, 0) is 6.42 Å². The van der Waals surface area contributed by atoms with Crippen molar-refractivity contribution in [3.63, 3.8) is 0 Å². The summed E-state index contributed by atoms with van der Waals surface area (Å²) in [7, 11) is 0. The van der Waals surface area contributed by atoms with E-state index >= 15 is 0 Å². The van der Waals surface area contributed by atoms with E-state index in [0.717, 1.165) is 0 Å². The lowest BCUT2D eigenvalue weighted by Crippen LogP contribution is -1.96. The highest BCUT2D eigenvalue weighted by atomic mass is 14.3. The van der Waals surface area contributed by atoms with Gasteiger partial charge < -0.3 is 0 Å². The van der Waals surface area contributed by atoms with Gasteiger partial charge in [0.05, 0.1) is 0 Å². The predicted molar refractivity (Wildman–Crippen MR) is 76.5 cm³/mol. The second kappa shape index (κ2) is 3.84. The maximum absolute atomic E-state index is 2.45. The lowest BCUT2D eigenvalue weighted by molar-refractivity contribution is 0.742. The fourth-order valence-corrected chi connectivity index (χ4v) is 3.36. The van der Waals surface area contributed by atoms with Gasteiger partial charge in [0, 0.05) is 0 Å². The first-order valence-electron chi connectivity index (χ1n) is 6.87. The predicted octanol–water partition coefficient (Wildman–Crippen LogP) is 4.83. The molecule has 0 radical (unpaired) electrons. The van der Waals surface area contributed by atoms with Gasteiger partial charge in [0.15, 0.2) is 0 Å². The molecule has 0 saturated carbocycles. The first kappa shape index (κ1) is 10.1. The second-order valence-corrected chi connectivity index (χ2v) is 5.25. The van der Waals surface area contributed by atoms with Crippen LogP contribution in [0.4, 0.5) is 0 Å². The summed E-state index contributed by atoms with van der Waals surface area (Å²) in [6.45, 7) is 0. The number of hydrogen-bond acceptors (Lipinski definition) is 0. The lowest BCUT2D eigenvalue weighted by Gasteiger charge is -2.13. The first-order chi connectivity index (χ1) is 8.95. The Labute approximate surface area is 108 Å². The van der Waals surface area contributed by atoms with Crippen molar-refractivity contribution in [2.75, 3.05) is 0 Å². The van der Waals surface area contributed by atoms with E-state index in [9.17, 15) is 0 Å². The Hall–Kier alpha value is -1.82. The van der Waals surface area contributed by atoms with E-state index in [1.807, 2.05) is 0 Å². The van der Waals surface area contributed by atoms with Crippen LogP contribution < -0.4 is 0 Å². The van der Waals surface area contributed by atoms with Crippen LogP contribution in [0, 0.1) is 0 Å². The molecular formula is C18H16. The molecular weight excluding hydrogens is 216 g/mol. The standard InChI is InChI=1S/C18H16/c1-2-7-13-8-6-12-17-15-10-5-4-9-14(15)16(11-3-1)18(13)17/h4-6,8-12H,1-3,7H2/b16-11-. The van der Waals surface area contributed by atoms with Crippen molar-refractivity contribution in [1.29, 1.82) is 0 Å². The van der Waals surface area contributed by atoms with Crippen molar-refractivity contribution in [2.45, 2.75) is 25.7 Å².